The number of nitrogens with zero attached hydrogens (tertiary/aromatic N) is 3. The average Bonchev–Trinajstić information content (AvgIpc) is 2.68. The molecule has 0 amide bonds. The monoisotopic (exact) mass is 384 g/mol. The van der Waals surface area contributed by atoms with E-state index >= 15 is 0 Å². The summed E-state index contributed by atoms with van der Waals surface area (Å²) in [6, 6.07) is 13.1. The Labute approximate surface area is 162 Å². The van der Waals surface area contributed by atoms with Crippen molar-refractivity contribution < 1.29 is 5.11 Å². The first-order valence-electron chi connectivity index (χ1n) is 9.04. The minimum atomic E-state index is -0.204. The van der Waals surface area contributed by atoms with Crippen molar-refractivity contribution in [2.75, 3.05) is 23.3 Å². The number of pyridine rings is 1. The molecule has 1 aliphatic rings. The number of benzene rings is 1. The van der Waals surface area contributed by atoms with Gasteiger partial charge in [-0.1, -0.05) is 23.7 Å². The van der Waals surface area contributed by atoms with Gasteiger partial charge in [-0.15, -0.1) is 0 Å². The fourth-order valence-electron chi connectivity index (χ4n) is 3.41. The largest absolute Gasteiger partial charge is 0.393 e. The highest BCUT2D eigenvalue weighted by Crippen LogP contribution is 2.28. The maximum Gasteiger partial charge on any atom is 0.258 e. The summed E-state index contributed by atoms with van der Waals surface area (Å²) in [5, 5.41) is 13.6. The summed E-state index contributed by atoms with van der Waals surface area (Å²) in [5.41, 5.74) is 3.19. The average molecular weight is 385 g/mol. The number of fused-ring (bicyclic) bond motifs is 1. The lowest BCUT2D eigenvalue weighted by Gasteiger charge is -2.33. The number of anilines is 2. The van der Waals surface area contributed by atoms with Crippen molar-refractivity contribution in [2.45, 2.75) is 25.5 Å². The van der Waals surface area contributed by atoms with Crippen LogP contribution in [-0.2, 0) is 6.54 Å². The van der Waals surface area contributed by atoms with Gasteiger partial charge in [-0.05, 0) is 37.1 Å². The van der Waals surface area contributed by atoms with Gasteiger partial charge in [0.05, 0.1) is 34.7 Å². The number of aliphatic hydroxyl groups is 1. The molecule has 4 rings (SSSR count). The van der Waals surface area contributed by atoms with E-state index < -0.39 is 0 Å². The van der Waals surface area contributed by atoms with Gasteiger partial charge in [0.1, 0.15) is 5.65 Å². The first-order chi connectivity index (χ1) is 13.1. The summed E-state index contributed by atoms with van der Waals surface area (Å²) in [4.78, 5) is 19.1. The van der Waals surface area contributed by atoms with Gasteiger partial charge in [-0.2, -0.15) is 0 Å². The van der Waals surface area contributed by atoms with Crippen LogP contribution in [0.4, 0.5) is 11.4 Å². The third kappa shape index (κ3) is 3.91. The summed E-state index contributed by atoms with van der Waals surface area (Å²) in [7, 11) is 0. The highest BCUT2D eigenvalue weighted by Gasteiger charge is 2.19. The Morgan fingerprint density at radius 2 is 1.96 bits per heavy atom. The molecule has 6 nitrogen and oxygen atoms in total. The highest BCUT2D eigenvalue weighted by molar-refractivity contribution is 6.30. The Balaban J connectivity index is 1.55. The summed E-state index contributed by atoms with van der Waals surface area (Å²) >= 11 is 5.95. The van der Waals surface area contributed by atoms with Crippen LogP contribution in [0.1, 0.15) is 18.5 Å². The number of aliphatic hydroxyl groups excluding tert-OH is 1. The summed E-state index contributed by atoms with van der Waals surface area (Å²) in [6.45, 7) is 2.11. The number of rotatable bonds is 4. The number of hydrogen-bond acceptors (Lipinski definition) is 5. The summed E-state index contributed by atoms with van der Waals surface area (Å²) < 4.78 is 1.44. The Hall–Kier alpha value is -2.57. The van der Waals surface area contributed by atoms with Gasteiger partial charge in [0.25, 0.3) is 5.56 Å². The molecule has 1 aromatic carbocycles. The smallest absolute Gasteiger partial charge is 0.258 e. The zero-order valence-corrected chi connectivity index (χ0v) is 15.6. The molecule has 0 saturated carbocycles. The van der Waals surface area contributed by atoms with Crippen LogP contribution in [-0.4, -0.2) is 33.7 Å². The van der Waals surface area contributed by atoms with Crippen LogP contribution in [0.5, 0.6) is 0 Å². The van der Waals surface area contributed by atoms with Crippen LogP contribution in [0.3, 0.4) is 0 Å². The van der Waals surface area contributed by atoms with Crippen LogP contribution >= 0.6 is 11.6 Å². The third-order valence-electron chi connectivity index (χ3n) is 4.85. The molecule has 140 valence electrons. The van der Waals surface area contributed by atoms with Crippen LogP contribution in [0.15, 0.2) is 53.5 Å². The zero-order valence-electron chi connectivity index (χ0n) is 14.8. The summed E-state index contributed by atoms with van der Waals surface area (Å²) in [5.74, 6) is 0. The Bertz CT molecular complexity index is 1010. The highest BCUT2D eigenvalue weighted by atomic mass is 35.5. The second kappa shape index (κ2) is 7.58. The SMILES string of the molecule is O=c1cc(CNc2ccccc2N2CCC(O)CC2)nc2ccc(Cl)cn12. The van der Waals surface area contributed by atoms with E-state index in [1.807, 2.05) is 18.2 Å². The van der Waals surface area contributed by atoms with Crippen molar-refractivity contribution in [3.63, 3.8) is 0 Å². The van der Waals surface area contributed by atoms with Crippen molar-refractivity contribution in [3.05, 3.63) is 69.7 Å². The molecule has 0 unspecified atom stereocenters. The fourth-order valence-corrected chi connectivity index (χ4v) is 3.57. The maximum atomic E-state index is 12.3. The molecule has 1 saturated heterocycles. The van der Waals surface area contributed by atoms with Crippen molar-refractivity contribution >= 4 is 28.6 Å². The Morgan fingerprint density at radius 1 is 1.19 bits per heavy atom. The second-order valence-electron chi connectivity index (χ2n) is 6.75. The van der Waals surface area contributed by atoms with Gasteiger partial charge in [-0.3, -0.25) is 9.20 Å². The summed E-state index contributed by atoms with van der Waals surface area (Å²) in [6.07, 6.45) is 2.92. The predicted octanol–water partition coefficient (Wildman–Crippen LogP) is 2.92. The van der Waals surface area contributed by atoms with Crippen molar-refractivity contribution in [1.82, 2.24) is 9.38 Å². The molecule has 7 heteroatoms. The van der Waals surface area contributed by atoms with E-state index in [0.717, 1.165) is 37.3 Å². The lowest BCUT2D eigenvalue weighted by Crippen LogP contribution is -2.36. The van der Waals surface area contributed by atoms with E-state index in [4.69, 9.17) is 11.6 Å². The van der Waals surface area contributed by atoms with Crippen LogP contribution in [0.25, 0.3) is 5.65 Å². The molecule has 1 fully saturated rings. The van der Waals surface area contributed by atoms with Crippen LogP contribution < -0.4 is 15.8 Å². The van der Waals surface area contributed by atoms with Crippen molar-refractivity contribution in [1.29, 1.82) is 0 Å². The lowest BCUT2D eigenvalue weighted by atomic mass is 10.1. The minimum Gasteiger partial charge on any atom is -0.393 e. The van der Waals surface area contributed by atoms with E-state index in [2.05, 4.69) is 21.3 Å². The number of halogens is 1. The molecule has 2 N–H and O–H groups in total. The predicted molar refractivity (Wildman–Crippen MR) is 108 cm³/mol. The van der Waals surface area contributed by atoms with Crippen LogP contribution in [0.2, 0.25) is 5.02 Å². The molecule has 0 bridgehead atoms. The molecule has 3 aromatic rings. The molecule has 3 heterocycles. The van der Waals surface area contributed by atoms with E-state index in [9.17, 15) is 9.90 Å². The standard InChI is InChI=1S/C20H21ClN4O2/c21-14-5-6-19-23-15(11-20(27)25(19)13-14)12-22-17-3-1-2-4-18(17)24-9-7-16(26)8-10-24/h1-6,11,13,16,22,26H,7-10,12H2. The molecule has 0 radical (unpaired) electrons. The van der Waals surface area contributed by atoms with E-state index in [0.29, 0.717) is 22.9 Å². The molecular formula is C20H21ClN4O2. The number of hydrogen-bond donors (Lipinski definition) is 2. The molecule has 0 spiro atoms. The molecule has 27 heavy (non-hydrogen) atoms. The zero-order chi connectivity index (χ0) is 18.8. The second-order valence-corrected chi connectivity index (χ2v) is 7.19. The number of nitrogens with one attached hydrogen (secondary N) is 1. The lowest BCUT2D eigenvalue weighted by molar-refractivity contribution is 0.145. The first-order valence-corrected chi connectivity index (χ1v) is 9.42. The van der Waals surface area contributed by atoms with Gasteiger partial charge in [0, 0.05) is 25.4 Å². The third-order valence-corrected chi connectivity index (χ3v) is 5.07. The van der Waals surface area contributed by atoms with Gasteiger partial charge in [-0.25, -0.2) is 4.98 Å². The first kappa shape index (κ1) is 17.8. The molecule has 1 aliphatic heterocycles. The fraction of sp³-hybridized carbons (Fsp3) is 0.300. The van der Waals surface area contributed by atoms with Gasteiger partial charge >= 0.3 is 0 Å². The van der Waals surface area contributed by atoms with Crippen molar-refractivity contribution in [3.8, 4) is 0 Å². The van der Waals surface area contributed by atoms with Gasteiger partial charge in [0.2, 0.25) is 0 Å². The topological polar surface area (TPSA) is 69.9 Å². The van der Waals surface area contributed by atoms with Gasteiger partial charge in [0.15, 0.2) is 0 Å². The van der Waals surface area contributed by atoms with E-state index in [1.54, 1.807) is 18.3 Å². The normalized spacial score (nSPS) is 15.3. The quantitative estimate of drug-likeness (QED) is 0.723. The maximum absolute atomic E-state index is 12.3. The number of piperidine rings is 1. The molecule has 0 atom stereocenters. The number of aromatic nitrogens is 2. The van der Waals surface area contributed by atoms with Crippen molar-refractivity contribution in [2.24, 2.45) is 0 Å². The molecule has 0 aliphatic carbocycles. The van der Waals surface area contributed by atoms with Gasteiger partial charge < -0.3 is 15.3 Å². The van der Waals surface area contributed by atoms with Crippen LogP contribution in [0, 0.1) is 0 Å². The van der Waals surface area contributed by atoms with E-state index in [-0.39, 0.29) is 11.7 Å². The minimum absolute atomic E-state index is 0.155. The number of para-hydroxylation sites is 2. The molecular weight excluding hydrogens is 364 g/mol. The molecule has 2 aromatic heterocycles. The Kier molecular flexibility index (Phi) is 5.01. The Morgan fingerprint density at radius 3 is 2.78 bits per heavy atom. The van der Waals surface area contributed by atoms with E-state index in [1.165, 1.54) is 10.5 Å².